The van der Waals surface area contributed by atoms with Crippen LogP contribution in [0.3, 0.4) is 0 Å². The SMILES string of the molecule is CCc1nn(C)c(OC)c1CNC(=O)N1CCCC[C@H]1c1cn[nH]c1. The van der Waals surface area contributed by atoms with Gasteiger partial charge in [0.25, 0.3) is 0 Å². The van der Waals surface area contributed by atoms with Crippen molar-refractivity contribution in [2.24, 2.45) is 7.05 Å². The maximum Gasteiger partial charge on any atom is 0.318 e. The van der Waals surface area contributed by atoms with Gasteiger partial charge in [-0.1, -0.05) is 6.92 Å². The first-order valence-electron chi connectivity index (χ1n) is 8.77. The lowest BCUT2D eigenvalue weighted by Crippen LogP contribution is -2.44. The summed E-state index contributed by atoms with van der Waals surface area (Å²) >= 11 is 0. The van der Waals surface area contributed by atoms with E-state index in [1.807, 2.05) is 25.1 Å². The van der Waals surface area contributed by atoms with E-state index in [2.05, 4.69) is 20.6 Å². The molecule has 1 atom stereocenters. The minimum absolute atomic E-state index is 0.0566. The molecule has 2 aromatic rings. The van der Waals surface area contributed by atoms with E-state index in [1.165, 1.54) is 0 Å². The lowest BCUT2D eigenvalue weighted by molar-refractivity contribution is 0.151. The minimum atomic E-state index is -0.0566. The van der Waals surface area contributed by atoms with Gasteiger partial charge in [0.05, 0.1) is 37.2 Å². The first-order chi connectivity index (χ1) is 12.2. The fourth-order valence-electron chi connectivity index (χ4n) is 3.55. The zero-order valence-corrected chi connectivity index (χ0v) is 15.1. The van der Waals surface area contributed by atoms with E-state index in [4.69, 9.17) is 4.74 Å². The van der Waals surface area contributed by atoms with Crippen molar-refractivity contribution in [3.63, 3.8) is 0 Å². The number of H-pyrrole nitrogens is 1. The van der Waals surface area contributed by atoms with Gasteiger partial charge in [-0.25, -0.2) is 9.48 Å². The van der Waals surface area contributed by atoms with Gasteiger partial charge in [-0.3, -0.25) is 5.10 Å². The van der Waals surface area contributed by atoms with E-state index in [1.54, 1.807) is 18.0 Å². The number of ether oxygens (including phenoxy) is 1. The molecule has 2 N–H and O–H groups in total. The Kier molecular flexibility index (Phi) is 5.25. The Balaban J connectivity index is 1.71. The van der Waals surface area contributed by atoms with E-state index < -0.39 is 0 Å². The number of aryl methyl sites for hydroxylation is 2. The number of likely N-dealkylation sites (tertiary alicyclic amines) is 1. The zero-order chi connectivity index (χ0) is 17.8. The maximum atomic E-state index is 12.8. The van der Waals surface area contributed by atoms with Gasteiger partial charge in [0.2, 0.25) is 5.88 Å². The summed E-state index contributed by atoms with van der Waals surface area (Å²) in [6, 6.07) is 0.0211. The molecule has 1 saturated heterocycles. The summed E-state index contributed by atoms with van der Waals surface area (Å²) in [6.07, 6.45) is 7.58. The molecule has 0 spiro atoms. The van der Waals surface area contributed by atoms with Crippen LogP contribution in [0.1, 0.15) is 49.0 Å². The third-order valence-electron chi connectivity index (χ3n) is 4.78. The molecule has 8 heteroatoms. The van der Waals surface area contributed by atoms with Gasteiger partial charge in [0.1, 0.15) is 0 Å². The average molecular weight is 346 g/mol. The predicted octanol–water partition coefficient (Wildman–Crippen LogP) is 2.15. The Hall–Kier alpha value is -2.51. The maximum absolute atomic E-state index is 12.8. The number of nitrogens with one attached hydrogen (secondary N) is 2. The summed E-state index contributed by atoms with van der Waals surface area (Å²) in [5, 5.41) is 14.4. The van der Waals surface area contributed by atoms with E-state index >= 15 is 0 Å². The first-order valence-corrected chi connectivity index (χ1v) is 8.77. The Morgan fingerprint density at radius 2 is 2.32 bits per heavy atom. The van der Waals surface area contributed by atoms with Crippen LogP contribution in [-0.4, -0.2) is 44.6 Å². The second kappa shape index (κ2) is 7.58. The van der Waals surface area contributed by atoms with Crippen LogP contribution in [0.4, 0.5) is 4.79 Å². The van der Waals surface area contributed by atoms with Crippen LogP contribution in [0.5, 0.6) is 5.88 Å². The highest BCUT2D eigenvalue weighted by molar-refractivity contribution is 5.75. The second-order valence-electron chi connectivity index (χ2n) is 6.31. The summed E-state index contributed by atoms with van der Waals surface area (Å²) in [5.41, 5.74) is 2.95. The lowest BCUT2D eigenvalue weighted by Gasteiger charge is -2.35. The summed E-state index contributed by atoms with van der Waals surface area (Å²) in [5.74, 6) is 0.696. The third-order valence-corrected chi connectivity index (χ3v) is 4.78. The van der Waals surface area contributed by atoms with Crippen LogP contribution in [0.2, 0.25) is 0 Å². The third kappa shape index (κ3) is 3.47. The number of piperidine rings is 1. The van der Waals surface area contributed by atoms with Gasteiger partial charge in [-0.15, -0.1) is 0 Å². The highest BCUT2D eigenvalue weighted by Crippen LogP contribution is 2.30. The van der Waals surface area contributed by atoms with Crippen LogP contribution in [0.25, 0.3) is 0 Å². The second-order valence-corrected chi connectivity index (χ2v) is 6.31. The number of aromatic nitrogens is 4. The number of carbonyl (C=O) groups excluding carboxylic acids is 1. The zero-order valence-electron chi connectivity index (χ0n) is 15.1. The molecule has 25 heavy (non-hydrogen) atoms. The largest absolute Gasteiger partial charge is 0.481 e. The quantitative estimate of drug-likeness (QED) is 0.868. The standard InChI is InChI=1S/C17H26N6O2/c1-4-14-13(16(25-3)22(2)21-14)11-18-17(24)23-8-6-5-7-15(23)12-9-19-20-10-12/h9-10,15H,4-8,11H2,1-3H3,(H,18,24)(H,19,20)/t15-/m0/s1. The summed E-state index contributed by atoms with van der Waals surface area (Å²) < 4.78 is 7.16. The number of urea groups is 1. The number of methoxy groups -OCH3 is 1. The summed E-state index contributed by atoms with van der Waals surface area (Å²) in [7, 11) is 3.48. The van der Waals surface area contributed by atoms with Gasteiger partial charge in [0.15, 0.2) is 0 Å². The predicted molar refractivity (Wildman–Crippen MR) is 93.3 cm³/mol. The van der Waals surface area contributed by atoms with Gasteiger partial charge < -0.3 is 15.0 Å². The number of amides is 2. The molecule has 0 unspecified atom stereocenters. The molecule has 0 radical (unpaired) electrons. The van der Waals surface area contributed by atoms with Crippen molar-refractivity contribution in [2.75, 3.05) is 13.7 Å². The monoisotopic (exact) mass is 346 g/mol. The molecule has 3 heterocycles. The van der Waals surface area contributed by atoms with Crippen LogP contribution in [0.15, 0.2) is 12.4 Å². The molecule has 1 aliphatic rings. The number of nitrogens with zero attached hydrogens (tertiary/aromatic N) is 4. The van der Waals surface area contributed by atoms with Crippen LogP contribution < -0.4 is 10.1 Å². The van der Waals surface area contributed by atoms with Gasteiger partial charge in [-0.05, 0) is 25.7 Å². The van der Waals surface area contributed by atoms with Gasteiger partial charge in [0, 0.05) is 25.4 Å². The number of hydrogen-bond donors (Lipinski definition) is 2. The van der Waals surface area contributed by atoms with Crippen molar-refractivity contribution in [2.45, 2.75) is 45.2 Å². The minimum Gasteiger partial charge on any atom is -0.481 e. The molecule has 2 aromatic heterocycles. The molecule has 1 aliphatic heterocycles. The van der Waals surface area contributed by atoms with E-state index in [0.717, 1.165) is 49.0 Å². The molecule has 3 rings (SSSR count). The van der Waals surface area contributed by atoms with Crippen molar-refractivity contribution >= 4 is 6.03 Å². The molecule has 2 amide bonds. The molecule has 0 aliphatic carbocycles. The molecule has 1 fully saturated rings. The van der Waals surface area contributed by atoms with E-state index in [9.17, 15) is 4.79 Å². The number of carbonyl (C=O) groups is 1. The van der Waals surface area contributed by atoms with Gasteiger partial charge in [-0.2, -0.15) is 10.2 Å². The molecule has 136 valence electrons. The van der Waals surface area contributed by atoms with Crippen LogP contribution in [0, 0.1) is 0 Å². The molecular weight excluding hydrogens is 320 g/mol. The van der Waals surface area contributed by atoms with Crippen molar-refractivity contribution in [3.8, 4) is 5.88 Å². The molecule has 0 saturated carbocycles. The van der Waals surface area contributed by atoms with Crippen molar-refractivity contribution in [3.05, 3.63) is 29.2 Å². The average Bonchev–Trinajstić information content (AvgIpc) is 3.27. The highest BCUT2D eigenvalue weighted by atomic mass is 16.5. The first kappa shape index (κ1) is 17.3. The van der Waals surface area contributed by atoms with Crippen molar-refractivity contribution in [1.82, 2.24) is 30.2 Å². The van der Waals surface area contributed by atoms with Crippen molar-refractivity contribution < 1.29 is 9.53 Å². The van der Waals surface area contributed by atoms with Crippen LogP contribution >= 0.6 is 0 Å². The summed E-state index contributed by atoms with van der Waals surface area (Å²) in [6.45, 7) is 3.22. The Labute approximate surface area is 147 Å². The van der Waals surface area contributed by atoms with Gasteiger partial charge >= 0.3 is 6.03 Å². The lowest BCUT2D eigenvalue weighted by atomic mass is 9.98. The van der Waals surface area contributed by atoms with E-state index in [0.29, 0.717) is 12.4 Å². The topological polar surface area (TPSA) is 88.1 Å². The summed E-state index contributed by atoms with van der Waals surface area (Å²) in [4.78, 5) is 14.7. The van der Waals surface area contributed by atoms with Crippen molar-refractivity contribution in [1.29, 1.82) is 0 Å². The Bertz CT molecular complexity index is 709. The highest BCUT2D eigenvalue weighted by Gasteiger charge is 2.29. The fourth-order valence-corrected chi connectivity index (χ4v) is 3.55. The smallest absolute Gasteiger partial charge is 0.318 e. The molecule has 0 aromatic carbocycles. The molecule has 0 bridgehead atoms. The fraction of sp³-hybridized carbons (Fsp3) is 0.588. The number of aromatic amines is 1. The number of hydrogen-bond acceptors (Lipinski definition) is 4. The number of rotatable bonds is 5. The normalized spacial score (nSPS) is 17.6. The Morgan fingerprint density at radius 3 is 3.00 bits per heavy atom. The molecular formula is C17H26N6O2. The Morgan fingerprint density at radius 1 is 1.48 bits per heavy atom. The van der Waals surface area contributed by atoms with Crippen LogP contribution in [-0.2, 0) is 20.0 Å². The van der Waals surface area contributed by atoms with E-state index in [-0.39, 0.29) is 12.1 Å². The molecule has 8 nitrogen and oxygen atoms in total.